The minimum absolute atomic E-state index is 0.0353. The van der Waals surface area contributed by atoms with Crippen LogP contribution in [0.15, 0.2) is 12.7 Å². The third kappa shape index (κ3) is 5.26. The van der Waals surface area contributed by atoms with E-state index in [0.29, 0.717) is 36.4 Å². The summed E-state index contributed by atoms with van der Waals surface area (Å²) >= 11 is 0. The molecule has 0 saturated heterocycles. The van der Waals surface area contributed by atoms with Crippen molar-refractivity contribution in [1.82, 2.24) is 19.5 Å². The van der Waals surface area contributed by atoms with Crippen LogP contribution >= 0.6 is 0 Å². The van der Waals surface area contributed by atoms with E-state index in [4.69, 9.17) is 14.6 Å². The zero-order valence-electron chi connectivity index (χ0n) is 23.7. The van der Waals surface area contributed by atoms with Gasteiger partial charge < -0.3 is 19.2 Å². The number of alkyl halides is 2. The summed E-state index contributed by atoms with van der Waals surface area (Å²) in [5.74, 6) is -3.30. The Morgan fingerprint density at radius 1 is 0.944 bits per heavy atom. The Bertz CT molecular complexity index is 1050. The molecule has 0 amide bonds. The molecule has 1 aliphatic rings. The van der Waals surface area contributed by atoms with Crippen molar-refractivity contribution in [2.45, 2.75) is 103 Å². The van der Waals surface area contributed by atoms with Gasteiger partial charge in [-0.05, 0) is 49.1 Å². The number of anilines is 1. The third-order valence-corrected chi connectivity index (χ3v) is 18.0. The normalized spacial score (nSPS) is 20.2. The van der Waals surface area contributed by atoms with Gasteiger partial charge >= 0.3 is 0 Å². The van der Waals surface area contributed by atoms with Gasteiger partial charge in [0.05, 0.1) is 11.7 Å². The first-order chi connectivity index (χ1) is 16.3. The number of aryl methyl sites for hydroxylation is 1. The summed E-state index contributed by atoms with van der Waals surface area (Å²) in [6.45, 7) is 21.8. The Balaban J connectivity index is 1.77. The zero-order valence-corrected chi connectivity index (χ0v) is 25.7. The van der Waals surface area contributed by atoms with Crippen LogP contribution in [0.4, 0.5) is 14.6 Å². The first kappa shape index (κ1) is 29.1. The monoisotopic (exact) mass is 541 g/mol. The van der Waals surface area contributed by atoms with Crippen molar-refractivity contribution >= 4 is 33.6 Å². The van der Waals surface area contributed by atoms with Gasteiger partial charge in [0.1, 0.15) is 11.8 Å². The second-order valence-electron chi connectivity index (χ2n) is 13.4. The molecule has 1 aliphatic carbocycles. The summed E-state index contributed by atoms with van der Waals surface area (Å²) in [6.07, 6.45) is 3.98. The van der Waals surface area contributed by atoms with Crippen LogP contribution in [0.25, 0.3) is 11.2 Å². The molecule has 1 saturated carbocycles. The van der Waals surface area contributed by atoms with Crippen molar-refractivity contribution < 1.29 is 17.6 Å². The van der Waals surface area contributed by atoms with Crippen LogP contribution in [0.5, 0.6) is 0 Å². The molecule has 1 fully saturated rings. The van der Waals surface area contributed by atoms with E-state index >= 15 is 8.78 Å². The van der Waals surface area contributed by atoms with Gasteiger partial charge in [-0.3, -0.25) is 0 Å². The second kappa shape index (κ2) is 9.39. The van der Waals surface area contributed by atoms with E-state index in [2.05, 4.69) is 82.7 Å². The summed E-state index contributed by atoms with van der Waals surface area (Å²) in [7, 11) is -4.41. The fraction of sp³-hybridized carbons (Fsp3) is 0.800. The highest BCUT2D eigenvalue weighted by molar-refractivity contribution is 6.74. The lowest BCUT2D eigenvalue weighted by Gasteiger charge is -2.39. The summed E-state index contributed by atoms with van der Waals surface area (Å²) < 4.78 is 46.0. The maximum atomic E-state index is 15.6. The Morgan fingerprint density at radius 2 is 1.47 bits per heavy atom. The number of hydrogen-bond acceptors (Lipinski definition) is 6. The molecule has 0 aliphatic heterocycles. The Morgan fingerprint density at radius 3 is 1.97 bits per heavy atom. The maximum Gasteiger partial charge on any atom is 0.262 e. The van der Waals surface area contributed by atoms with Crippen LogP contribution < -0.4 is 5.73 Å². The summed E-state index contributed by atoms with van der Waals surface area (Å²) in [4.78, 5) is 12.5. The number of aromatic nitrogens is 4. The SMILES string of the molecule is CC(C)(C)[Si](C)(C)OCC1(CO[Si](C)(C)C(C)(C)C)C(CCCn2cnc3c(N)ncnc32)C1(F)F. The highest BCUT2D eigenvalue weighted by atomic mass is 28.4. The standard InChI is InChI=1S/C25H45F2N5O2Si2/c1-22(2,3)35(7,8)33-14-24(15-34-36(9,10)23(4,5)6)18(25(24,26)27)12-11-13-32-17-31-19-20(28)29-16-30-21(19)32/h16-18H,11-15H2,1-10H3,(H2,28,29,30). The number of imidazole rings is 1. The van der Waals surface area contributed by atoms with Gasteiger partial charge in [0.25, 0.3) is 5.92 Å². The molecule has 7 nitrogen and oxygen atoms in total. The van der Waals surface area contributed by atoms with E-state index in [1.807, 2.05) is 4.57 Å². The molecular weight excluding hydrogens is 496 g/mol. The molecule has 0 radical (unpaired) electrons. The average molecular weight is 542 g/mol. The summed E-state index contributed by atoms with van der Waals surface area (Å²) in [5, 5.41) is -0.110. The molecule has 2 N–H and O–H groups in total. The van der Waals surface area contributed by atoms with Crippen molar-refractivity contribution in [2.24, 2.45) is 11.3 Å². The van der Waals surface area contributed by atoms with Crippen molar-refractivity contribution in [3.8, 4) is 0 Å². The number of hydrogen-bond donors (Lipinski definition) is 1. The molecule has 11 heteroatoms. The van der Waals surface area contributed by atoms with E-state index in [1.54, 1.807) is 6.33 Å². The third-order valence-electron chi connectivity index (χ3n) is 9.00. The van der Waals surface area contributed by atoms with Gasteiger partial charge in [0.15, 0.2) is 28.1 Å². The molecule has 3 rings (SSSR count). The van der Waals surface area contributed by atoms with Crippen molar-refractivity contribution in [3.63, 3.8) is 0 Å². The van der Waals surface area contributed by atoms with Gasteiger partial charge in [-0.15, -0.1) is 0 Å². The minimum Gasteiger partial charge on any atom is -0.416 e. The molecule has 0 bridgehead atoms. The van der Waals surface area contributed by atoms with Crippen LogP contribution in [0.3, 0.4) is 0 Å². The topological polar surface area (TPSA) is 88.1 Å². The smallest absolute Gasteiger partial charge is 0.262 e. The van der Waals surface area contributed by atoms with E-state index in [-0.39, 0.29) is 23.3 Å². The first-order valence-corrected chi connectivity index (χ1v) is 18.7. The average Bonchev–Trinajstić information content (AvgIpc) is 2.99. The number of fused-ring (bicyclic) bond motifs is 1. The summed E-state index contributed by atoms with van der Waals surface area (Å²) in [5.41, 5.74) is 5.75. The lowest BCUT2D eigenvalue weighted by molar-refractivity contribution is 0.0131. The van der Waals surface area contributed by atoms with Gasteiger partial charge in [0.2, 0.25) is 0 Å². The molecule has 1 unspecified atom stereocenters. The zero-order chi connectivity index (χ0) is 27.4. The Kier molecular flexibility index (Phi) is 7.60. The van der Waals surface area contributed by atoms with Crippen LogP contribution in [0.1, 0.15) is 54.4 Å². The van der Waals surface area contributed by atoms with Crippen LogP contribution in [-0.4, -0.2) is 55.3 Å². The Labute approximate surface area is 216 Å². The lowest BCUT2D eigenvalue weighted by Crippen LogP contribution is -2.46. The molecule has 36 heavy (non-hydrogen) atoms. The highest BCUT2D eigenvalue weighted by Crippen LogP contribution is 2.68. The maximum absolute atomic E-state index is 15.6. The number of nitrogen functional groups attached to an aromatic ring is 1. The number of halogens is 2. The van der Waals surface area contributed by atoms with Crippen LogP contribution in [-0.2, 0) is 15.4 Å². The largest absolute Gasteiger partial charge is 0.416 e. The molecule has 2 aromatic rings. The molecule has 0 spiro atoms. The quantitative estimate of drug-likeness (QED) is 0.346. The fourth-order valence-electron chi connectivity index (χ4n) is 4.06. The van der Waals surface area contributed by atoms with Crippen LogP contribution in [0.2, 0.25) is 36.3 Å². The molecular formula is C25H45F2N5O2Si2. The predicted octanol–water partition coefficient (Wildman–Crippen LogP) is 6.48. The van der Waals surface area contributed by atoms with Crippen LogP contribution in [0, 0.1) is 11.3 Å². The first-order valence-electron chi connectivity index (χ1n) is 12.8. The summed E-state index contributed by atoms with van der Waals surface area (Å²) in [6, 6.07) is 0. The van der Waals surface area contributed by atoms with Gasteiger partial charge in [-0.1, -0.05) is 41.5 Å². The fourth-order valence-corrected chi connectivity index (χ4v) is 6.17. The van der Waals surface area contributed by atoms with Crippen molar-refractivity contribution in [1.29, 1.82) is 0 Å². The van der Waals surface area contributed by atoms with Crippen molar-refractivity contribution in [2.75, 3.05) is 18.9 Å². The van der Waals surface area contributed by atoms with E-state index in [1.165, 1.54) is 6.33 Å². The lowest BCUT2D eigenvalue weighted by atomic mass is 10.0. The number of nitrogens with two attached hydrogens (primary N) is 1. The van der Waals surface area contributed by atoms with Gasteiger partial charge in [0, 0.05) is 25.7 Å². The van der Waals surface area contributed by atoms with E-state index in [0.717, 1.165) is 0 Å². The van der Waals surface area contributed by atoms with E-state index in [9.17, 15) is 0 Å². The van der Waals surface area contributed by atoms with Crippen molar-refractivity contribution in [3.05, 3.63) is 12.7 Å². The van der Waals surface area contributed by atoms with Gasteiger partial charge in [-0.2, -0.15) is 0 Å². The molecule has 0 aromatic carbocycles. The van der Waals surface area contributed by atoms with Gasteiger partial charge in [-0.25, -0.2) is 23.7 Å². The molecule has 1 atom stereocenters. The molecule has 204 valence electrons. The predicted molar refractivity (Wildman–Crippen MR) is 146 cm³/mol. The highest BCUT2D eigenvalue weighted by Gasteiger charge is 2.80. The minimum atomic E-state index is -2.83. The number of rotatable bonds is 10. The Hall–Kier alpha value is -1.44. The second-order valence-corrected chi connectivity index (χ2v) is 23.1. The number of nitrogens with zero attached hydrogens (tertiary/aromatic N) is 4. The van der Waals surface area contributed by atoms with E-state index < -0.39 is 33.9 Å². The molecule has 2 heterocycles. The molecule has 2 aromatic heterocycles.